The standard InChI is InChI=1S/C32H69P.C3H4N2/c1-5-9-13-17-18-19-20-21-22-23-24-28-32-33(29-25-14-10-6-2,30-26-15-11-7-3)31-27-16-12-8-4;1-2-5-3-4-1/h33H,5-32H2,1-4H3;1-3H,(H,4,5). The molecule has 0 fully saturated rings. The molecule has 0 aliphatic rings. The van der Waals surface area contributed by atoms with Crippen molar-refractivity contribution in [2.75, 3.05) is 24.6 Å². The van der Waals surface area contributed by atoms with E-state index in [2.05, 4.69) is 37.7 Å². The molecule has 1 aromatic heterocycles. The van der Waals surface area contributed by atoms with Crippen LogP contribution in [-0.4, -0.2) is 34.6 Å². The van der Waals surface area contributed by atoms with Gasteiger partial charge < -0.3 is 4.98 Å². The van der Waals surface area contributed by atoms with Gasteiger partial charge in [0, 0.05) is 12.4 Å². The zero-order valence-corrected chi connectivity index (χ0v) is 28.0. The first-order valence-corrected chi connectivity index (χ1v) is 20.5. The third-order valence-corrected chi connectivity index (χ3v) is 14.3. The number of nitrogens with zero attached hydrogens (tertiary/aromatic N) is 1. The van der Waals surface area contributed by atoms with Crippen molar-refractivity contribution < 1.29 is 0 Å². The average Bonchev–Trinajstić information content (AvgIpc) is 3.53. The number of rotatable bonds is 28. The van der Waals surface area contributed by atoms with Crippen molar-refractivity contribution in [1.82, 2.24) is 9.97 Å². The SMILES string of the molecule is CCCCCCCCCCCCCC[PH](CCCCCC)(CCCCCC)CCCCCC.c1c[nH]cn1. The third-order valence-electron chi connectivity index (χ3n) is 8.65. The molecule has 3 heteroatoms. The predicted octanol–water partition coefficient (Wildman–Crippen LogP) is 12.6. The van der Waals surface area contributed by atoms with Gasteiger partial charge in [-0.15, -0.1) is 0 Å². The van der Waals surface area contributed by atoms with Gasteiger partial charge in [0.25, 0.3) is 0 Å². The molecule has 0 saturated heterocycles. The van der Waals surface area contributed by atoms with Crippen LogP contribution in [0.3, 0.4) is 0 Å². The summed E-state index contributed by atoms with van der Waals surface area (Å²) in [7, 11) is -1.04. The van der Waals surface area contributed by atoms with E-state index in [-0.39, 0.29) is 0 Å². The van der Waals surface area contributed by atoms with E-state index >= 15 is 0 Å². The fourth-order valence-electron chi connectivity index (χ4n) is 6.09. The number of unbranched alkanes of at least 4 members (excludes halogenated alkanes) is 20. The summed E-state index contributed by atoms with van der Waals surface area (Å²) < 4.78 is 0. The van der Waals surface area contributed by atoms with E-state index in [9.17, 15) is 0 Å². The fraction of sp³-hybridized carbons (Fsp3) is 0.914. The van der Waals surface area contributed by atoms with E-state index in [0.717, 1.165) is 0 Å². The smallest absolute Gasteiger partial charge is 0.0919 e. The van der Waals surface area contributed by atoms with E-state index in [1.54, 1.807) is 69.1 Å². The Bertz CT molecular complexity index is 468. The number of imidazole rings is 1. The second-order valence-corrected chi connectivity index (χ2v) is 17.3. The van der Waals surface area contributed by atoms with Crippen molar-refractivity contribution in [3.05, 3.63) is 18.7 Å². The van der Waals surface area contributed by atoms with Crippen molar-refractivity contribution in [3.8, 4) is 0 Å². The molecule has 38 heavy (non-hydrogen) atoms. The van der Waals surface area contributed by atoms with Gasteiger partial charge in [0.15, 0.2) is 0 Å². The van der Waals surface area contributed by atoms with Gasteiger partial charge in [-0.3, -0.25) is 0 Å². The molecule has 1 aromatic rings. The molecule has 0 unspecified atom stereocenters. The van der Waals surface area contributed by atoms with Gasteiger partial charge in [-0.2, -0.15) is 0 Å². The molecule has 0 radical (unpaired) electrons. The molecule has 0 saturated carbocycles. The van der Waals surface area contributed by atoms with Crippen molar-refractivity contribution in [2.45, 2.75) is 182 Å². The van der Waals surface area contributed by atoms with Crippen molar-refractivity contribution in [1.29, 1.82) is 0 Å². The molecular formula is C35H73N2P. The molecule has 0 aliphatic carbocycles. The van der Waals surface area contributed by atoms with Crippen LogP contribution >= 0.6 is 7.26 Å². The topological polar surface area (TPSA) is 28.7 Å². The van der Waals surface area contributed by atoms with Crippen molar-refractivity contribution in [3.63, 3.8) is 0 Å². The Morgan fingerprint density at radius 1 is 0.421 bits per heavy atom. The molecule has 1 heterocycles. The van der Waals surface area contributed by atoms with E-state index < -0.39 is 7.26 Å². The molecule has 0 bridgehead atoms. The first-order chi connectivity index (χ1) is 18.7. The van der Waals surface area contributed by atoms with Gasteiger partial charge in [0.05, 0.1) is 6.33 Å². The van der Waals surface area contributed by atoms with E-state index in [1.165, 1.54) is 128 Å². The van der Waals surface area contributed by atoms with Crippen molar-refractivity contribution >= 4 is 7.26 Å². The summed E-state index contributed by atoms with van der Waals surface area (Å²) in [5.74, 6) is 0. The van der Waals surface area contributed by atoms with E-state index in [1.807, 2.05) is 0 Å². The van der Waals surface area contributed by atoms with Crippen LogP contribution in [0.4, 0.5) is 0 Å². The van der Waals surface area contributed by atoms with Gasteiger partial charge in [-0.25, -0.2) is 4.98 Å². The van der Waals surface area contributed by atoms with Gasteiger partial charge in [-0.05, 0) is 0 Å². The summed E-state index contributed by atoms with van der Waals surface area (Å²) in [5.41, 5.74) is 0. The Labute approximate surface area is 242 Å². The number of hydrogen-bond acceptors (Lipinski definition) is 1. The van der Waals surface area contributed by atoms with Gasteiger partial charge >= 0.3 is 200 Å². The maximum absolute atomic E-state index is 3.67. The van der Waals surface area contributed by atoms with Crippen LogP contribution in [0.2, 0.25) is 0 Å². The molecule has 1 N–H and O–H groups in total. The molecule has 228 valence electrons. The molecule has 0 spiro atoms. The van der Waals surface area contributed by atoms with Crippen LogP contribution in [0.1, 0.15) is 182 Å². The summed E-state index contributed by atoms with van der Waals surface area (Å²) in [4.78, 5) is 6.42. The monoisotopic (exact) mass is 553 g/mol. The summed E-state index contributed by atoms with van der Waals surface area (Å²) in [6.45, 7) is 9.42. The molecule has 0 aliphatic heterocycles. The zero-order valence-electron chi connectivity index (χ0n) is 27.0. The van der Waals surface area contributed by atoms with E-state index in [4.69, 9.17) is 0 Å². The van der Waals surface area contributed by atoms with Crippen LogP contribution in [0, 0.1) is 0 Å². The fourth-order valence-corrected chi connectivity index (χ4v) is 11.6. The Morgan fingerprint density at radius 3 is 0.947 bits per heavy atom. The summed E-state index contributed by atoms with van der Waals surface area (Å²) in [6.07, 6.45) is 47.4. The second-order valence-electron chi connectivity index (χ2n) is 12.3. The average molecular weight is 553 g/mol. The molecule has 0 aromatic carbocycles. The maximum atomic E-state index is 3.67. The van der Waals surface area contributed by atoms with Crippen LogP contribution in [0.5, 0.6) is 0 Å². The number of nitrogens with one attached hydrogen (secondary N) is 1. The third kappa shape index (κ3) is 25.9. The van der Waals surface area contributed by atoms with Crippen LogP contribution in [0.25, 0.3) is 0 Å². The predicted molar refractivity (Wildman–Crippen MR) is 180 cm³/mol. The Kier molecular flexibility index (Phi) is 30.9. The number of aromatic nitrogens is 2. The quantitative estimate of drug-likeness (QED) is 0.0812. The van der Waals surface area contributed by atoms with E-state index in [0.29, 0.717) is 0 Å². The van der Waals surface area contributed by atoms with Crippen LogP contribution in [0.15, 0.2) is 18.7 Å². The van der Waals surface area contributed by atoms with Crippen LogP contribution < -0.4 is 0 Å². The second kappa shape index (κ2) is 31.2. The number of H-pyrrole nitrogens is 1. The minimum atomic E-state index is -1.04. The summed E-state index contributed by atoms with van der Waals surface area (Å²) in [6, 6.07) is 0. The van der Waals surface area contributed by atoms with Gasteiger partial charge in [-0.1, -0.05) is 13.3 Å². The van der Waals surface area contributed by atoms with Gasteiger partial charge in [0.2, 0.25) is 0 Å². The number of aromatic amines is 1. The molecule has 0 atom stereocenters. The van der Waals surface area contributed by atoms with Crippen molar-refractivity contribution in [2.24, 2.45) is 0 Å². The molecule has 0 amide bonds. The molecule has 1 rings (SSSR count). The first kappa shape index (κ1) is 37.6. The summed E-state index contributed by atoms with van der Waals surface area (Å²) in [5, 5.41) is 0. The van der Waals surface area contributed by atoms with Gasteiger partial charge in [0.1, 0.15) is 0 Å². The first-order valence-electron chi connectivity index (χ1n) is 17.7. The molecule has 2 nitrogen and oxygen atoms in total. The van der Waals surface area contributed by atoms with Crippen LogP contribution in [-0.2, 0) is 0 Å². The number of hydrogen-bond donors (Lipinski definition) is 1. The Balaban J connectivity index is 0.00000242. The summed E-state index contributed by atoms with van der Waals surface area (Å²) >= 11 is 0. The normalized spacial score (nSPS) is 11.9. The maximum Gasteiger partial charge on any atom is 0.0919 e. The zero-order chi connectivity index (χ0) is 27.8. The Hall–Kier alpha value is -0.360. The largest absolute Gasteiger partial charge is 0.351 e. The Morgan fingerprint density at radius 2 is 0.711 bits per heavy atom. The minimum absolute atomic E-state index is 1.04. The molecular weight excluding hydrogens is 479 g/mol. The minimum Gasteiger partial charge on any atom is -0.351 e.